The number of benzene rings is 1. The van der Waals surface area contributed by atoms with Gasteiger partial charge in [0.2, 0.25) is 0 Å². The number of aromatic nitrogens is 1. The summed E-state index contributed by atoms with van der Waals surface area (Å²) >= 11 is 0. The molecule has 0 unspecified atom stereocenters. The van der Waals surface area contributed by atoms with Crippen LogP contribution in [0, 0.1) is 0 Å². The van der Waals surface area contributed by atoms with Gasteiger partial charge in [0.1, 0.15) is 0 Å². The van der Waals surface area contributed by atoms with Gasteiger partial charge in [0.15, 0.2) is 0 Å². The lowest BCUT2D eigenvalue weighted by atomic mass is 9.71. The van der Waals surface area contributed by atoms with E-state index in [4.69, 9.17) is 4.98 Å². The van der Waals surface area contributed by atoms with Gasteiger partial charge in [-0.2, -0.15) is 0 Å². The summed E-state index contributed by atoms with van der Waals surface area (Å²) in [7, 11) is 0. The van der Waals surface area contributed by atoms with E-state index in [1.807, 2.05) is 0 Å². The van der Waals surface area contributed by atoms with Crippen LogP contribution in [0.4, 0.5) is 0 Å². The molecule has 1 saturated carbocycles. The predicted molar refractivity (Wildman–Crippen MR) is 95.7 cm³/mol. The van der Waals surface area contributed by atoms with Crippen LogP contribution >= 0.6 is 0 Å². The van der Waals surface area contributed by atoms with Gasteiger partial charge < -0.3 is 0 Å². The smallest absolute Gasteiger partial charge is 0.0742 e. The first-order valence-corrected chi connectivity index (χ1v) is 8.62. The van der Waals surface area contributed by atoms with Crippen LogP contribution < -0.4 is 0 Å². The molecular formula is C21H29N. The molecule has 1 aromatic carbocycles. The van der Waals surface area contributed by atoms with Crippen LogP contribution in [-0.2, 0) is 10.8 Å². The van der Waals surface area contributed by atoms with Crippen LogP contribution in [0.1, 0.15) is 83.4 Å². The van der Waals surface area contributed by atoms with Gasteiger partial charge >= 0.3 is 0 Å². The molecule has 1 nitrogen and oxygen atoms in total. The molecule has 0 atom stereocenters. The summed E-state index contributed by atoms with van der Waals surface area (Å²) in [6.07, 6.45) is 6.20. The minimum absolute atomic E-state index is 0.132. The quantitative estimate of drug-likeness (QED) is 0.619. The van der Waals surface area contributed by atoms with Gasteiger partial charge in [-0.15, -0.1) is 0 Å². The van der Waals surface area contributed by atoms with Crippen molar-refractivity contribution in [2.75, 3.05) is 0 Å². The van der Waals surface area contributed by atoms with E-state index in [2.05, 4.69) is 65.9 Å². The van der Waals surface area contributed by atoms with E-state index in [1.165, 1.54) is 41.3 Å². The monoisotopic (exact) mass is 295 g/mol. The highest BCUT2D eigenvalue weighted by Gasteiger charge is 2.30. The molecule has 22 heavy (non-hydrogen) atoms. The minimum Gasteiger partial charge on any atom is -0.256 e. The Morgan fingerprint density at radius 1 is 0.909 bits per heavy atom. The molecule has 0 aliphatic heterocycles. The topological polar surface area (TPSA) is 12.9 Å². The third-order valence-corrected chi connectivity index (χ3v) is 5.07. The molecule has 0 amide bonds. The van der Waals surface area contributed by atoms with Gasteiger partial charge in [0, 0.05) is 11.6 Å². The second kappa shape index (κ2) is 5.08. The standard InChI is InChI=1S/C21H29N/c1-20(2,3)16-12-8-11-15-18(14-9-7-10-14)17(21(4,5)6)13-22-19(15)16/h8,11-14H,7,9-10H2,1-6H3. The molecule has 0 saturated heterocycles. The second-order valence-electron chi connectivity index (χ2n) is 8.92. The van der Waals surface area contributed by atoms with Crippen molar-refractivity contribution in [2.45, 2.75) is 77.6 Å². The second-order valence-corrected chi connectivity index (χ2v) is 8.92. The minimum atomic E-state index is 0.132. The molecule has 0 spiro atoms. The maximum Gasteiger partial charge on any atom is 0.0742 e. The van der Waals surface area contributed by atoms with Crippen molar-refractivity contribution < 1.29 is 0 Å². The zero-order valence-corrected chi connectivity index (χ0v) is 15.0. The number of hydrogen-bond acceptors (Lipinski definition) is 1. The van der Waals surface area contributed by atoms with Crippen LogP contribution in [0.5, 0.6) is 0 Å². The number of pyridine rings is 1. The number of para-hydroxylation sites is 1. The van der Waals surface area contributed by atoms with E-state index in [-0.39, 0.29) is 10.8 Å². The van der Waals surface area contributed by atoms with Gasteiger partial charge in [-0.3, -0.25) is 4.98 Å². The van der Waals surface area contributed by atoms with Gasteiger partial charge in [0.25, 0.3) is 0 Å². The van der Waals surface area contributed by atoms with Crippen molar-refractivity contribution in [3.63, 3.8) is 0 Å². The van der Waals surface area contributed by atoms with Crippen LogP contribution in [0.15, 0.2) is 24.4 Å². The fraction of sp³-hybridized carbons (Fsp3) is 0.571. The van der Waals surface area contributed by atoms with Gasteiger partial charge in [0.05, 0.1) is 5.52 Å². The summed E-state index contributed by atoms with van der Waals surface area (Å²) in [5, 5.41) is 1.39. The average Bonchev–Trinajstić information content (AvgIpc) is 2.33. The van der Waals surface area contributed by atoms with Crippen molar-refractivity contribution >= 4 is 10.9 Å². The summed E-state index contributed by atoms with van der Waals surface area (Å²) in [4.78, 5) is 4.92. The summed E-state index contributed by atoms with van der Waals surface area (Å²) in [5.74, 6) is 0.731. The number of fused-ring (bicyclic) bond motifs is 1. The maximum atomic E-state index is 4.92. The first-order chi connectivity index (χ1) is 10.2. The normalized spacial score (nSPS) is 16.8. The van der Waals surface area contributed by atoms with E-state index in [1.54, 1.807) is 5.56 Å². The van der Waals surface area contributed by atoms with E-state index in [0.717, 1.165) is 5.92 Å². The van der Waals surface area contributed by atoms with Crippen molar-refractivity contribution in [2.24, 2.45) is 0 Å². The van der Waals surface area contributed by atoms with Crippen LogP contribution in [0.3, 0.4) is 0 Å². The summed E-state index contributed by atoms with van der Waals surface area (Å²) in [6.45, 7) is 13.8. The molecule has 1 aromatic heterocycles. The molecule has 0 bridgehead atoms. The Morgan fingerprint density at radius 3 is 2.05 bits per heavy atom. The van der Waals surface area contributed by atoms with Crippen molar-refractivity contribution in [1.29, 1.82) is 0 Å². The zero-order valence-electron chi connectivity index (χ0n) is 15.0. The molecular weight excluding hydrogens is 266 g/mol. The summed E-state index contributed by atoms with van der Waals surface area (Å²) < 4.78 is 0. The Morgan fingerprint density at radius 2 is 1.55 bits per heavy atom. The number of hydrogen-bond donors (Lipinski definition) is 0. The molecule has 1 heterocycles. The fourth-order valence-electron chi connectivity index (χ4n) is 3.58. The molecule has 1 fully saturated rings. The van der Waals surface area contributed by atoms with Crippen LogP contribution in [-0.4, -0.2) is 4.98 Å². The lowest BCUT2D eigenvalue weighted by Gasteiger charge is -2.34. The molecule has 1 aliphatic carbocycles. The third kappa shape index (κ3) is 2.55. The summed E-state index contributed by atoms with van der Waals surface area (Å²) in [5.41, 5.74) is 5.89. The highest BCUT2D eigenvalue weighted by atomic mass is 14.7. The number of nitrogens with zero attached hydrogens (tertiary/aromatic N) is 1. The van der Waals surface area contributed by atoms with E-state index in [9.17, 15) is 0 Å². The molecule has 0 radical (unpaired) electrons. The van der Waals surface area contributed by atoms with Crippen molar-refractivity contribution in [3.8, 4) is 0 Å². The van der Waals surface area contributed by atoms with Gasteiger partial charge in [-0.1, -0.05) is 66.2 Å². The zero-order chi connectivity index (χ0) is 16.1. The summed E-state index contributed by atoms with van der Waals surface area (Å²) in [6, 6.07) is 6.76. The van der Waals surface area contributed by atoms with Crippen LogP contribution in [0.2, 0.25) is 0 Å². The van der Waals surface area contributed by atoms with E-state index >= 15 is 0 Å². The van der Waals surface area contributed by atoms with Gasteiger partial charge in [-0.05, 0) is 46.3 Å². The van der Waals surface area contributed by atoms with E-state index in [0.29, 0.717) is 0 Å². The first-order valence-electron chi connectivity index (χ1n) is 8.62. The molecule has 1 heteroatoms. The number of rotatable bonds is 1. The Labute approximate surface area is 135 Å². The lowest BCUT2D eigenvalue weighted by Crippen LogP contribution is -2.21. The Balaban J connectivity index is 2.33. The fourth-order valence-corrected chi connectivity index (χ4v) is 3.58. The highest BCUT2D eigenvalue weighted by Crippen LogP contribution is 2.45. The average molecular weight is 295 g/mol. The van der Waals surface area contributed by atoms with E-state index < -0.39 is 0 Å². The largest absolute Gasteiger partial charge is 0.256 e. The molecule has 2 aromatic rings. The Bertz CT molecular complexity index is 694. The van der Waals surface area contributed by atoms with Gasteiger partial charge in [-0.25, -0.2) is 0 Å². The lowest BCUT2D eigenvalue weighted by molar-refractivity contribution is 0.412. The van der Waals surface area contributed by atoms with Crippen molar-refractivity contribution in [1.82, 2.24) is 4.98 Å². The van der Waals surface area contributed by atoms with Crippen LogP contribution in [0.25, 0.3) is 10.9 Å². The predicted octanol–water partition coefficient (Wildman–Crippen LogP) is 6.10. The third-order valence-electron chi connectivity index (χ3n) is 5.07. The Hall–Kier alpha value is -1.37. The SMILES string of the molecule is CC(C)(C)c1cnc2c(C(C)(C)C)cccc2c1C1CCC1. The Kier molecular flexibility index (Phi) is 3.58. The highest BCUT2D eigenvalue weighted by molar-refractivity contribution is 5.87. The molecule has 3 rings (SSSR count). The maximum absolute atomic E-state index is 4.92. The molecule has 0 N–H and O–H groups in total. The molecule has 1 aliphatic rings. The first kappa shape index (κ1) is 15.5. The molecule has 118 valence electrons. The van der Waals surface area contributed by atoms with Crippen molar-refractivity contribution in [3.05, 3.63) is 41.1 Å².